The Hall–Kier alpha value is -3.40. The van der Waals surface area contributed by atoms with Crippen LogP contribution in [0.15, 0.2) is 54.7 Å². The highest BCUT2D eigenvalue weighted by Crippen LogP contribution is 2.48. The number of hydrogen-bond acceptors (Lipinski definition) is 5. The number of carbonyl (C=O) groups is 1. The van der Waals surface area contributed by atoms with Gasteiger partial charge in [-0.05, 0) is 55.9 Å². The first kappa shape index (κ1) is 25.9. The van der Waals surface area contributed by atoms with E-state index < -0.39 is 11.7 Å². The van der Waals surface area contributed by atoms with Crippen LogP contribution in [0.3, 0.4) is 0 Å². The van der Waals surface area contributed by atoms with Crippen molar-refractivity contribution in [3.05, 3.63) is 65.9 Å². The number of aromatic nitrogens is 2. The summed E-state index contributed by atoms with van der Waals surface area (Å²) in [5.74, 6) is 0.604. The van der Waals surface area contributed by atoms with Gasteiger partial charge in [0.1, 0.15) is 5.82 Å². The molecule has 1 aliphatic carbocycles. The topological polar surface area (TPSA) is 64.6 Å². The summed E-state index contributed by atoms with van der Waals surface area (Å²) in [4.78, 5) is 28.5. The minimum absolute atomic E-state index is 0.0285. The Bertz CT molecular complexity index is 1340. The quantitative estimate of drug-likeness (QED) is 0.511. The van der Waals surface area contributed by atoms with Crippen LogP contribution in [0, 0.1) is 5.41 Å². The molecule has 1 N–H and O–H groups in total. The van der Waals surface area contributed by atoms with Gasteiger partial charge in [-0.2, -0.15) is 13.2 Å². The molecular formula is C29H33F3N6O. The standard InChI is InChI=1S/C29H33F3N6O/c1-19-14-37(26-13-33-25-10-22(29(30,31)32)8-9-24(25)35-26)15-20(2)38(19)27(39)34-23-11-28(12-23)17-36(18-28)16-21-6-4-3-5-7-21/h3-10,13,19-20,23H,11-12,14-18H2,1-2H3,(H,34,39)/t19-,20-/m1/s1. The third kappa shape index (κ3) is 5.14. The summed E-state index contributed by atoms with van der Waals surface area (Å²) in [7, 11) is 0. The number of nitrogens with zero attached hydrogens (tertiary/aromatic N) is 5. The number of amides is 2. The molecule has 6 rings (SSSR count). The molecule has 3 aliphatic rings. The van der Waals surface area contributed by atoms with Crippen LogP contribution in [-0.2, 0) is 12.7 Å². The fourth-order valence-electron chi connectivity index (χ4n) is 6.69. The second kappa shape index (κ2) is 9.66. The number of alkyl halides is 3. The van der Waals surface area contributed by atoms with Crippen LogP contribution < -0.4 is 10.2 Å². The Morgan fingerprint density at radius 3 is 2.38 bits per heavy atom. The number of piperazine rings is 1. The van der Waals surface area contributed by atoms with Gasteiger partial charge in [0.05, 0.1) is 22.8 Å². The number of fused-ring (bicyclic) bond motifs is 1. The minimum Gasteiger partial charge on any atom is -0.351 e. The number of benzene rings is 2. The molecule has 2 atom stereocenters. The van der Waals surface area contributed by atoms with Crippen LogP contribution in [0.2, 0.25) is 0 Å². The van der Waals surface area contributed by atoms with E-state index in [1.165, 1.54) is 17.8 Å². The second-order valence-electron chi connectivity index (χ2n) is 11.6. The average molecular weight is 539 g/mol. The molecule has 3 heterocycles. The number of likely N-dealkylation sites (tertiary alicyclic amines) is 1. The first-order chi connectivity index (χ1) is 18.6. The first-order valence-electron chi connectivity index (χ1n) is 13.5. The minimum atomic E-state index is -4.42. The molecule has 3 fully saturated rings. The van der Waals surface area contributed by atoms with Crippen molar-refractivity contribution in [2.45, 2.75) is 57.5 Å². The number of urea groups is 1. The monoisotopic (exact) mass is 538 g/mol. The van der Waals surface area contributed by atoms with Gasteiger partial charge in [0.25, 0.3) is 0 Å². The van der Waals surface area contributed by atoms with Crippen LogP contribution in [0.1, 0.15) is 37.8 Å². The lowest BCUT2D eigenvalue weighted by Gasteiger charge is -2.59. The van der Waals surface area contributed by atoms with Crippen molar-refractivity contribution in [2.24, 2.45) is 5.41 Å². The molecule has 1 saturated carbocycles. The fraction of sp³-hybridized carbons (Fsp3) is 0.483. The maximum atomic E-state index is 13.2. The van der Waals surface area contributed by atoms with E-state index in [0.717, 1.165) is 44.6 Å². The number of hydrogen-bond donors (Lipinski definition) is 1. The molecular weight excluding hydrogens is 505 g/mol. The number of halogens is 3. The van der Waals surface area contributed by atoms with Crippen LogP contribution in [-0.4, -0.2) is 70.1 Å². The number of anilines is 1. The zero-order valence-corrected chi connectivity index (χ0v) is 22.2. The Labute approximate surface area is 226 Å². The Balaban J connectivity index is 1.02. The van der Waals surface area contributed by atoms with Gasteiger partial charge in [-0.15, -0.1) is 0 Å². The molecule has 0 bridgehead atoms. The van der Waals surface area contributed by atoms with Gasteiger partial charge < -0.3 is 15.1 Å². The lowest BCUT2D eigenvalue weighted by atomic mass is 9.60. The van der Waals surface area contributed by atoms with Crippen molar-refractivity contribution in [1.82, 2.24) is 25.1 Å². The van der Waals surface area contributed by atoms with Gasteiger partial charge in [0, 0.05) is 50.8 Å². The second-order valence-corrected chi connectivity index (χ2v) is 11.6. The highest BCUT2D eigenvalue weighted by atomic mass is 19.4. The maximum absolute atomic E-state index is 13.2. The Kier molecular flexibility index (Phi) is 6.40. The van der Waals surface area contributed by atoms with Gasteiger partial charge in [-0.1, -0.05) is 30.3 Å². The molecule has 3 aromatic rings. The van der Waals surface area contributed by atoms with Gasteiger partial charge in [-0.25, -0.2) is 9.78 Å². The highest BCUT2D eigenvalue weighted by molar-refractivity contribution is 5.77. The number of carbonyl (C=O) groups excluding carboxylic acids is 1. The van der Waals surface area contributed by atoms with Gasteiger partial charge >= 0.3 is 12.2 Å². The van der Waals surface area contributed by atoms with Gasteiger partial charge in [0.2, 0.25) is 0 Å². The molecule has 2 saturated heterocycles. The van der Waals surface area contributed by atoms with E-state index >= 15 is 0 Å². The SMILES string of the molecule is C[C@@H]1CN(c2cnc3cc(C(F)(F)F)ccc3n2)C[C@@H](C)N1C(=O)NC1CC2(C1)CN(Cc1ccccc1)C2. The van der Waals surface area contributed by atoms with Crippen molar-refractivity contribution >= 4 is 22.9 Å². The smallest absolute Gasteiger partial charge is 0.351 e. The molecule has 2 aliphatic heterocycles. The normalized spacial score (nSPS) is 23.5. The maximum Gasteiger partial charge on any atom is 0.416 e. The summed E-state index contributed by atoms with van der Waals surface area (Å²) in [6.45, 7) is 8.33. The molecule has 1 aromatic heterocycles. The van der Waals surface area contributed by atoms with Crippen LogP contribution in [0.25, 0.3) is 11.0 Å². The lowest BCUT2D eigenvalue weighted by Crippen LogP contribution is -2.68. The summed E-state index contributed by atoms with van der Waals surface area (Å²) < 4.78 is 39.1. The third-order valence-corrected chi connectivity index (χ3v) is 8.39. The van der Waals surface area contributed by atoms with E-state index in [9.17, 15) is 18.0 Å². The number of rotatable bonds is 4. The van der Waals surface area contributed by atoms with Crippen molar-refractivity contribution in [3.8, 4) is 0 Å². The van der Waals surface area contributed by atoms with Crippen molar-refractivity contribution in [1.29, 1.82) is 0 Å². The van der Waals surface area contributed by atoms with Crippen molar-refractivity contribution in [2.75, 3.05) is 31.1 Å². The third-order valence-electron chi connectivity index (χ3n) is 8.39. The van der Waals surface area contributed by atoms with Crippen LogP contribution in [0.5, 0.6) is 0 Å². The van der Waals surface area contributed by atoms with Gasteiger partial charge in [0.15, 0.2) is 0 Å². The van der Waals surface area contributed by atoms with Crippen molar-refractivity contribution < 1.29 is 18.0 Å². The Morgan fingerprint density at radius 2 is 1.72 bits per heavy atom. The summed E-state index contributed by atoms with van der Waals surface area (Å²) in [5, 5.41) is 3.26. The van der Waals surface area contributed by atoms with Gasteiger partial charge in [-0.3, -0.25) is 9.88 Å². The largest absolute Gasteiger partial charge is 0.416 e. The molecule has 2 aromatic carbocycles. The molecule has 0 unspecified atom stereocenters. The fourth-order valence-corrected chi connectivity index (χ4v) is 6.69. The molecule has 7 nitrogen and oxygen atoms in total. The molecule has 2 amide bonds. The zero-order chi connectivity index (χ0) is 27.4. The molecule has 39 heavy (non-hydrogen) atoms. The zero-order valence-electron chi connectivity index (χ0n) is 22.2. The first-order valence-corrected chi connectivity index (χ1v) is 13.5. The van der Waals surface area contributed by atoms with Crippen LogP contribution in [0.4, 0.5) is 23.8 Å². The van der Waals surface area contributed by atoms with Crippen LogP contribution >= 0.6 is 0 Å². The van der Waals surface area contributed by atoms with E-state index in [1.54, 1.807) is 0 Å². The van der Waals surface area contributed by atoms with E-state index in [4.69, 9.17) is 0 Å². The molecule has 0 radical (unpaired) electrons. The lowest BCUT2D eigenvalue weighted by molar-refractivity contribution is -0.137. The Morgan fingerprint density at radius 1 is 1.03 bits per heavy atom. The highest BCUT2D eigenvalue weighted by Gasteiger charge is 2.52. The summed E-state index contributed by atoms with van der Waals surface area (Å²) in [5.41, 5.74) is 1.57. The average Bonchev–Trinajstić information content (AvgIpc) is 2.85. The van der Waals surface area contributed by atoms with E-state index in [2.05, 4.69) is 49.4 Å². The summed E-state index contributed by atoms with van der Waals surface area (Å²) in [6.07, 6.45) is -0.854. The predicted molar refractivity (Wildman–Crippen MR) is 143 cm³/mol. The van der Waals surface area contributed by atoms with E-state index in [1.807, 2.05) is 24.8 Å². The number of nitrogens with one attached hydrogen (secondary N) is 1. The predicted octanol–water partition coefficient (Wildman–Crippen LogP) is 4.92. The molecule has 10 heteroatoms. The molecule has 206 valence electrons. The summed E-state index contributed by atoms with van der Waals surface area (Å²) >= 11 is 0. The molecule has 1 spiro atoms. The van der Waals surface area contributed by atoms with E-state index in [0.29, 0.717) is 29.8 Å². The van der Waals surface area contributed by atoms with E-state index in [-0.39, 0.29) is 29.7 Å². The summed E-state index contributed by atoms with van der Waals surface area (Å²) in [6, 6.07) is 14.0. The van der Waals surface area contributed by atoms with Crippen molar-refractivity contribution in [3.63, 3.8) is 0 Å².